The van der Waals surface area contributed by atoms with Crippen molar-refractivity contribution in [3.8, 4) is 0 Å². The topological polar surface area (TPSA) is 38.8 Å². The van der Waals surface area contributed by atoms with E-state index >= 15 is 0 Å². The van der Waals surface area contributed by atoms with Crippen LogP contribution in [0.25, 0.3) is 0 Å². The molecule has 1 heterocycles. The van der Waals surface area contributed by atoms with Crippen LogP contribution < -0.4 is 4.90 Å². The number of para-hydroxylation sites is 2. The second-order valence-electron chi connectivity index (χ2n) is 4.80. The quantitative estimate of drug-likeness (QED) is 0.629. The maximum Gasteiger partial charge on any atom is 0.329 e. The Bertz CT molecular complexity index is 661. The van der Waals surface area contributed by atoms with Crippen molar-refractivity contribution in [1.29, 1.82) is 0 Å². The molecule has 0 aromatic heterocycles. The van der Waals surface area contributed by atoms with Gasteiger partial charge in [0.2, 0.25) is 0 Å². The summed E-state index contributed by atoms with van der Waals surface area (Å²) in [6, 6.07) is 15.7. The molecule has 0 amide bonds. The zero-order valence-electron chi connectivity index (χ0n) is 12.2. The molecule has 3 rings (SSSR count). The molecule has 2 aromatic carbocycles. The van der Waals surface area contributed by atoms with Crippen molar-refractivity contribution in [3.05, 3.63) is 65.3 Å². The monoisotopic (exact) mass is 302 g/mol. The molecule has 0 spiro atoms. The molecule has 1 aliphatic heterocycles. The summed E-state index contributed by atoms with van der Waals surface area (Å²) in [5.74, 6) is 0. The Kier molecular flexibility index (Phi) is 3.54. The number of rotatable bonds is 3. The van der Waals surface area contributed by atoms with Crippen molar-refractivity contribution in [1.82, 2.24) is 0 Å². The molecule has 0 N–H and O–H groups in total. The second kappa shape index (κ2) is 5.23. The zero-order chi connectivity index (χ0) is 15.0. The molecule has 0 aliphatic carbocycles. The molecule has 110 valence electrons. The predicted octanol–water partition coefficient (Wildman–Crippen LogP) is 4.18. The third-order valence-corrected chi connectivity index (χ3v) is 5.79. The van der Waals surface area contributed by atoms with Crippen LogP contribution in [0.2, 0.25) is 0 Å². The molecule has 1 aliphatic rings. The molecule has 0 atom stereocenters. The van der Waals surface area contributed by atoms with Gasteiger partial charge in [-0.25, -0.2) is 0 Å². The van der Waals surface area contributed by atoms with E-state index in [4.69, 9.17) is 9.05 Å². The molecule has 2 aromatic rings. The lowest BCUT2D eigenvalue weighted by Crippen LogP contribution is -2.22. The average Bonchev–Trinajstić information content (AvgIpc) is 2.55. The van der Waals surface area contributed by atoms with Crippen molar-refractivity contribution < 1.29 is 13.6 Å². The first-order valence-corrected chi connectivity index (χ1v) is 8.18. The van der Waals surface area contributed by atoms with Crippen molar-refractivity contribution >= 4 is 19.0 Å². The van der Waals surface area contributed by atoms with Gasteiger partial charge < -0.3 is 13.9 Å². The number of hydrogen-bond donors (Lipinski definition) is 0. The van der Waals surface area contributed by atoms with Crippen molar-refractivity contribution in [3.63, 3.8) is 0 Å². The van der Waals surface area contributed by atoms with Gasteiger partial charge in [0.25, 0.3) is 0 Å². The number of fused-ring (bicyclic) bond motifs is 2. The van der Waals surface area contributed by atoms with Crippen LogP contribution in [0.3, 0.4) is 0 Å². The zero-order valence-corrected chi connectivity index (χ0v) is 13.1. The Morgan fingerprint density at radius 3 is 1.76 bits per heavy atom. The van der Waals surface area contributed by atoms with Gasteiger partial charge in [0, 0.05) is 19.9 Å². The lowest BCUT2D eigenvalue weighted by Gasteiger charge is -2.43. The fraction of sp³-hybridized carbons (Fsp3) is 0.188. The first-order valence-electron chi connectivity index (χ1n) is 6.64. The molecule has 0 saturated carbocycles. The number of nitrogens with zero attached hydrogens (tertiary/aromatic N) is 1. The van der Waals surface area contributed by atoms with Gasteiger partial charge in [-0.2, -0.15) is 0 Å². The van der Waals surface area contributed by atoms with E-state index in [1.54, 1.807) is 0 Å². The Hall–Kier alpha value is -1.74. The highest BCUT2D eigenvalue weighted by atomic mass is 31.2. The predicted molar refractivity (Wildman–Crippen MR) is 84.0 cm³/mol. The summed E-state index contributed by atoms with van der Waals surface area (Å²) in [4.78, 5) is 2.09. The van der Waals surface area contributed by atoms with Gasteiger partial charge in [0.05, 0.1) is 0 Å². The van der Waals surface area contributed by atoms with Crippen molar-refractivity contribution in [2.45, 2.75) is 0 Å². The van der Waals surface area contributed by atoms with Gasteiger partial charge in [0.1, 0.15) is 0 Å². The van der Waals surface area contributed by atoms with Crippen LogP contribution in [-0.2, 0) is 13.6 Å². The van der Waals surface area contributed by atoms with Crippen LogP contribution in [0.15, 0.2) is 48.5 Å². The second-order valence-corrected chi connectivity index (χ2v) is 6.98. The van der Waals surface area contributed by atoms with Crippen molar-refractivity contribution in [2.75, 3.05) is 26.2 Å². The van der Waals surface area contributed by atoms with Crippen LogP contribution in [-0.4, -0.2) is 21.3 Å². The SMILES string of the molecule is COP(=O)(OC)[C-]1c2ccccc2N(C)c2ccccc21. The van der Waals surface area contributed by atoms with Gasteiger partial charge >= 0.3 is 7.60 Å². The first-order chi connectivity index (χ1) is 10.1. The molecule has 0 bridgehead atoms. The summed E-state index contributed by atoms with van der Waals surface area (Å²) in [6.45, 7) is 0. The van der Waals surface area contributed by atoms with Crippen LogP contribution in [0.5, 0.6) is 0 Å². The fourth-order valence-corrected chi connectivity index (χ4v) is 4.24. The smallest absolute Gasteiger partial charge is 0.329 e. The standard InChI is InChI=1S/C16H17NO3P/c1-17-14-10-6-4-8-12(14)16(21(18,19-2)20-3)13-9-5-7-11-15(13)17/h4-11H,1-3H3/q-1. The van der Waals surface area contributed by atoms with E-state index in [2.05, 4.69) is 4.90 Å². The van der Waals surface area contributed by atoms with E-state index in [9.17, 15) is 4.57 Å². The van der Waals surface area contributed by atoms with Gasteiger partial charge in [-0.05, 0) is 18.4 Å². The minimum Gasteiger partial charge on any atom is -0.407 e. The van der Waals surface area contributed by atoms with E-state index in [-0.39, 0.29) is 0 Å². The van der Waals surface area contributed by atoms with E-state index in [0.29, 0.717) is 5.66 Å². The fourth-order valence-electron chi connectivity index (χ4n) is 2.76. The number of benzene rings is 2. The van der Waals surface area contributed by atoms with Crippen LogP contribution in [0, 0.1) is 5.66 Å². The molecule has 0 radical (unpaired) electrons. The van der Waals surface area contributed by atoms with Gasteiger partial charge in [0.15, 0.2) is 0 Å². The molecular formula is C16H17NO3P-. The van der Waals surface area contributed by atoms with E-state index in [1.807, 2.05) is 55.6 Å². The van der Waals surface area contributed by atoms with E-state index in [0.717, 1.165) is 22.5 Å². The molecular weight excluding hydrogens is 285 g/mol. The number of hydrogen-bond acceptors (Lipinski definition) is 4. The molecule has 4 nitrogen and oxygen atoms in total. The molecule has 5 heteroatoms. The van der Waals surface area contributed by atoms with E-state index in [1.165, 1.54) is 14.2 Å². The summed E-state index contributed by atoms with van der Waals surface area (Å²) in [5.41, 5.74) is 4.36. The molecule has 21 heavy (non-hydrogen) atoms. The lowest BCUT2D eigenvalue weighted by molar-refractivity contribution is 0.280. The largest absolute Gasteiger partial charge is 0.407 e. The van der Waals surface area contributed by atoms with Crippen molar-refractivity contribution in [2.24, 2.45) is 0 Å². The Morgan fingerprint density at radius 2 is 1.33 bits per heavy atom. The summed E-state index contributed by atoms with van der Waals surface area (Å²) in [5, 5.41) is 0. The maximum atomic E-state index is 13.0. The molecule has 0 unspecified atom stereocenters. The highest BCUT2D eigenvalue weighted by molar-refractivity contribution is 7.58. The highest BCUT2D eigenvalue weighted by Gasteiger charge is 2.36. The first kappa shape index (κ1) is 14.2. The average molecular weight is 302 g/mol. The Balaban J connectivity index is 2.30. The van der Waals surface area contributed by atoms with E-state index < -0.39 is 7.60 Å². The lowest BCUT2D eigenvalue weighted by atomic mass is 9.95. The minimum atomic E-state index is -3.36. The highest BCUT2D eigenvalue weighted by Crippen LogP contribution is 2.66. The normalized spacial score (nSPS) is 13.9. The van der Waals surface area contributed by atoms with Crippen LogP contribution >= 0.6 is 7.60 Å². The minimum absolute atomic E-state index is 0.622. The third kappa shape index (κ3) is 2.07. The molecule has 0 saturated heterocycles. The molecule has 0 fully saturated rings. The summed E-state index contributed by atoms with van der Waals surface area (Å²) in [7, 11) is 1.48. The Morgan fingerprint density at radius 1 is 0.905 bits per heavy atom. The third-order valence-electron chi connectivity index (χ3n) is 3.80. The Labute approximate surface area is 124 Å². The van der Waals surface area contributed by atoms with Gasteiger partial charge in [-0.3, -0.25) is 4.57 Å². The van der Waals surface area contributed by atoms with Crippen LogP contribution in [0.4, 0.5) is 11.4 Å². The summed E-state index contributed by atoms with van der Waals surface area (Å²) < 4.78 is 23.5. The maximum absolute atomic E-state index is 13.0. The van der Waals surface area contributed by atoms with Gasteiger partial charge in [-0.1, -0.05) is 47.5 Å². The summed E-state index contributed by atoms with van der Waals surface area (Å²) in [6.07, 6.45) is 0. The van der Waals surface area contributed by atoms with Crippen LogP contribution in [0.1, 0.15) is 11.1 Å². The summed E-state index contributed by atoms with van der Waals surface area (Å²) >= 11 is 0. The number of anilines is 2. The van der Waals surface area contributed by atoms with Gasteiger partial charge in [-0.15, -0.1) is 12.1 Å².